The summed E-state index contributed by atoms with van der Waals surface area (Å²) in [5.41, 5.74) is 2.64. The first-order valence-electron chi connectivity index (χ1n) is 8.07. The quantitative estimate of drug-likeness (QED) is 0.503. The summed E-state index contributed by atoms with van der Waals surface area (Å²) in [6.45, 7) is 0. The molecule has 0 aliphatic carbocycles. The SMILES string of the molecule is Oc1ccc(Cl)c2ccc(CCc3ccc4c(Cl)ccc(O)c4n3)nc12. The largest absolute Gasteiger partial charge is 0.506 e. The second-order valence-corrected chi connectivity index (χ2v) is 6.84. The number of pyridine rings is 2. The number of aromatic nitrogens is 2. The van der Waals surface area contributed by atoms with Crippen molar-refractivity contribution in [2.24, 2.45) is 0 Å². The molecule has 4 aromatic rings. The third-order valence-corrected chi connectivity index (χ3v) is 4.98. The predicted octanol–water partition coefficient (Wildman–Crippen LogP) is 5.29. The molecule has 4 nitrogen and oxygen atoms in total. The molecule has 2 aromatic heterocycles. The number of nitrogens with zero attached hydrogens (tertiary/aromatic N) is 2. The Kier molecular flexibility index (Phi) is 4.31. The van der Waals surface area contributed by atoms with Crippen LogP contribution in [-0.4, -0.2) is 20.2 Å². The lowest BCUT2D eigenvalue weighted by Gasteiger charge is -2.07. The Morgan fingerprint density at radius 1 is 0.615 bits per heavy atom. The van der Waals surface area contributed by atoms with Crippen LogP contribution in [0.15, 0.2) is 48.5 Å². The molecular weight excluding hydrogens is 371 g/mol. The van der Waals surface area contributed by atoms with Gasteiger partial charge in [-0.1, -0.05) is 23.2 Å². The minimum absolute atomic E-state index is 0.106. The zero-order valence-corrected chi connectivity index (χ0v) is 15.1. The van der Waals surface area contributed by atoms with E-state index in [9.17, 15) is 10.2 Å². The van der Waals surface area contributed by atoms with Crippen LogP contribution in [-0.2, 0) is 12.8 Å². The number of hydrogen-bond acceptors (Lipinski definition) is 4. The third kappa shape index (κ3) is 3.02. The highest BCUT2D eigenvalue weighted by atomic mass is 35.5. The number of phenols is 2. The first-order chi connectivity index (χ1) is 12.5. The number of hydrogen-bond donors (Lipinski definition) is 2. The maximum Gasteiger partial charge on any atom is 0.141 e. The van der Waals surface area contributed by atoms with Crippen molar-refractivity contribution in [3.8, 4) is 11.5 Å². The molecule has 0 aliphatic heterocycles. The molecule has 0 spiro atoms. The van der Waals surface area contributed by atoms with Crippen molar-refractivity contribution in [2.45, 2.75) is 12.8 Å². The number of rotatable bonds is 3. The monoisotopic (exact) mass is 384 g/mol. The average Bonchev–Trinajstić information content (AvgIpc) is 2.66. The Balaban J connectivity index is 1.63. The first-order valence-corrected chi connectivity index (χ1v) is 8.83. The summed E-state index contributed by atoms with van der Waals surface area (Å²) >= 11 is 12.3. The summed E-state index contributed by atoms with van der Waals surface area (Å²) in [6, 6.07) is 13.9. The lowest BCUT2D eigenvalue weighted by Crippen LogP contribution is -1.98. The summed E-state index contributed by atoms with van der Waals surface area (Å²) in [5, 5.41) is 22.6. The fourth-order valence-electron chi connectivity index (χ4n) is 2.95. The van der Waals surface area contributed by atoms with E-state index in [1.54, 1.807) is 24.3 Å². The fourth-order valence-corrected chi connectivity index (χ4v) is 3.38. The van der Waals surface area contributed by atoms with E-state index < -0.39 is 0 Å². The van der Waals surface area contributed by atoms with Crippen molar-refractivity contribution in [1.29, 1.82) is 0 Å². The average molecular weight is 385 g/mol. The highest BCUT2D eigenvalue weighted by Crippen LogP contribution is 2.31. The normalized spacial score (nSPS) is 11.3. The van der Waals surface area contributed by atoms with Crippen LogP contribution in [0.4, 0.5) is 0 Å². The molecule has 2 heterocycles. The molecule has 0 aliphatic rings. The highest BCUT2D eigenvalue weighted by Gasteiger charge is 2.09. The van der Waals surface area contributed by atoms with E-state index in [2.05, 4.69) is 9.97 Å². The molecule has 26 heavy (non-hydrogen) atoms. The molecule has 2 aromatic carbocycles. The minimum Gasteiger partial charge on any atom is -0.506 e. The van der Waals surface area contributed by atoms with Gasteiger partial charge in [0, 0.05) is 22.2 Å². The van der Waals surface area contributed by atoms with Crippen LogP contribution in [0, 0.1) is 0 Å². The summed E-state index contributed by atoms with van der Waals surface area (Å²) in [4.78, 5) is 9.02. The maximum atomic E-state index is 10.0. The summed E-state index contributed by atoms with van der Waals surface area (Å²) < 4.78 is 0. The number of aromatic hydroxyl groups is 2. The summed E-state index contributed by atoms with van der Waals surface area (Å²) in [5.74, 6) is 0.212. The molecular formula is C20H14Cl2N2O2. The van der Waals surface area contributed by atoms with E-state index in [4.69, 9.17) is 23.2 Å². The van der Waals surface area contributed by atoms with Crippen LogP contribution >= 0.6 is 23.2 Å². The molecule has 0 radical (unpaired) electrons. The van der Waals surface area contributed by atoms with Gasteiger partial charge in [0.15, 0.2) is 0 Å². The molecule has 2 N–H and O–H groups in total. The molecule has 0 unspecified atom stereocenters. The standard InChI is InChI=1S/C20H14Cl2N2O2/c21-15-7-9-17(25)19-13(15)5-3-11(23-19)1-2-12-4-6-14-16(22)8-10-18(26)20(14)24-12/h3-10,25-26H,1-2H2. The van der Waals surface area contributed by atoms with Gasteiger partial charge in [0.2, 0.25) is 0 Å². The maximum absolute atomic E-state index is 10.0. The van der Waals surface area contributed by atoms with Crippen LogP contribution < -0.4 is 0 Å². The molecule has 4 rings (SSSR count). The van der Waals surface area contributed by atoms with Gasteiger partial charge in [-0.15, -0.1) is 0 Å². The van der Waals surface area contributed by atoms with Crippen molar-refractivity contribution in [3.05, 3.63) is 70.0 Å². The summed E-state index contributed by atoms with van der Waals surface area (Å²) in [7, 11) is 0. The lowest BCUT2D eigenvalue weighted by atomic mass is 10.1. The second-order valence-electron chi connectivity index (χ2n) is 6.03. The van der Waals surface area contributed by atoms with Crippen molar-refractivity contribution < 1.29 is 10.2 Å². The number of aryl methyl sites for hydroxylation is 2. The Morgan fingerprint density at radius 3 is 1.46 bits per heavy atom. The highest BCUT2D eigenvalue weighted by molar-refractivity contribution is 6.36. The Hall–Kier alpha value is -2.56. The Morgan fingerprint density at radius 2 is 1.04 bits per heavy atom. The summed E-state index contributed by atoms with van der Waals surface area (Å²) in [6.07, 6.45) is 1.28. The van der Waals surface area contributed by atoms with Crippen molar-refractivity contribution >= 4 is 45.0 Å². The minimum atomic E-state index is 0.106. The zero-order chi connectivity index (χ0) is 18.3. The van der Waals surface area contributed by atoms with Gasteiger partial charge in [0.1, 0.15) is 22.5 Å². The van der Waals surface area contributed by atoms with Crippen molar-refractivity contribution in [3.63, 3.8) is 0 Å². The van der Waals surface area contributed by atoms with Gasteiger partial charge in [-0.2, -0.15) is 0 Å². The van der Waals surface area contributed by atoms with Gasteiger partial charge < -0.3 is 10.2 Å². The van der Waals surface area contributed by atoms with Gasteiger partial charge in [-0.3, -0.25) is 0 Å². The van der Waals surface area contributed by atoms with Gasteiger partial charge in [0.25, 0.3) is 0 Å². The van der Waals surface area contributed by atoms with Crippen LogP contribution in [0.5, 0.6) is 11.5 Å². The molecule has 0 saturated carbocycles. The molecule has 6 heteroatoms. The molecule has 0 atom stereocenters. The van der Waals surface area contributed by atoms with E-state index in [0.717, 1.165) is 22.2 Å². The predicted molar refractivity (Wildman–Crippen MR) is 104 cm³/mol. The third-order valence-electron chi connectivity index (χ3n) is 4.32. The molecule has 0 fully saturated rings. The van der Waals surface area contributed by atoms with E-state index in [-0.39, 0.29) is 11.5 Å². The number of halogens is 2. The van der Waals surface area contributed by atoms with Gasteiger partial charge >= 0.3 is 0 Å². The second kappa shape index (κ2) is 6.63. The topological polar surface area (TPSA) is 66.2 Å². The Labute approximate surface area is 159 Å². The van der Waals surface area contributed by atoms with E-state index in [1.165, 1.54) is 0 Å². The van der Waals surface area contributed by atoms with E-state index in [1.807, 2.05) is 24.3 Å². The van der Waals surface area contributed by atoms with Crippen molar-refractivity contribution in [2.75, 3.05) is 0 Å². The number of benzene rings is 2. The van der Waals surface area contributed by atoms with Crippen LogP contribution in [0.25, 0.3) is 21.8 Å². The number of phenolic OH excluding ortho intramolecular Hbond substituents is 2. The molecule has 0 bridgehead atoms. The molecule has 0 saturated heterocycles. The number of fused-ring (bicyclic) bond motifs is 2. The smallest absolute Gasteiger partial charge is 0.141 e. The fraction of sp³-hybridized carbons (Fsp3) is 0.100. The van der Waals surface area contributed by atoms with Gasteiger partial charge in [-0.25, -0.2) is 9.97 Å². The first kappa shape index (κ1) is 16.9. The van der Waals surface area contributed by atoms with Gasteiger partial charge in [-0.05, 0) is 61.4 Å². The molecule has 0 amide bonds. The van der Waals surface area contributed by atoms with E-state index >= 15 is 0 Å². The molecule has 130 valence electrons. The lowest BCUT2D eigenvalue weighted by molar-refractivity contribution is 0.479. The van der Waals surface area contributed by atoms with Crippen LogP contribution in [0.3, 0.4) is 0 Å². The van der Waals surface area contributed by atoms with E-state index in [0.29, 0.717) is 33.9 Å². The van der Waals surface area contributed by atoms with Crippen molar-refractivity contribution in [1.82, 2.24) is 9.97 Å². The zero-order valence-electron chi connectivity index (χ0n) is 13.6. The van der Waals surface area contributed by atoms with Gasteiger partial charge in [0.05, 0.1) is 10.0 Å². The Bertz CT molecular complexity index is 1050. The van der Waals surface area contributed by atoms with Crippen LogP contribution in [0.2, 0.25) is 10.0 Å². The van der Waals surface area contributed by atoms with Crippen LogP contribution in [0.1, 0.15) is 11.4 Å².